The van der Waals surface area contributed by atoms with Crippen LogP contribution in [-0.4, -0.2) is 29.2 Å². The summed E-state index contributed by atoms with van der Waals surface area (Å²) in [5.41, 5.74) is 1.84. The van der Waals surface area contributed by atoms with E-state index in [9.17, 15) is 8.42 Å². The standard InChI is InChI=1S/C20H22N2O2S2/c1-15-11-13-17(14-12-15)26(23,24)22-18-9-5-6-10-19(18)25-20(22)21-16-7-3-2-4-8-16/h2-4,7-8,11-14,18-19H,5-6,9-10H2,1H3/t18-,19-/m0/s1. The van der Waals surface area contributed by atoms with Gasteiger partial charge in [0, 0.05) is 5.25 Å². The molecule has 1 saturated carbocycles. The van der Waals surface area contributed by atoms with Crippen molar-refractivity contribution in [1.82, 2.24) is 4.31 Å². The molecule has 0 spiro atoms. The number of rotatable bonds is 3. The van der Waals surface area contributed by atoms with Gasteiger partial charge in [-0.2, -0.15) is 0 Å². The molecule has 0 N–H and O–H groups in total. The molecule has 2 aromatic carbocycles. The molecule has 0 radical (unpaired) electrons. The van der Waals surface area contributed by atoms with Crippen molar-refractivity contribution in [3.63, 3.8) is 0 Å². The first-order chi connectivity index (χ1) is 12.6. The Kier molecular flexibility index (Phi) is 4.80. The SMILES string of the molecule is Cc1ccc(S(=O)(=O)N2C(=Nc3ccccc3)S[C@H]3CCCC[C@@H]32)cc1. The van der Waals surface area contributed by atoms with Crippen molar-refractivity contribution >= 4 is 32.6 Å². The van der Waals surface area contributed by atoms with Crippen LogP contribution in [0, 0.1) is 6.92 Å². The van der Waals surface area contributed by atoms with Crippen molar-refractivity contribution in [3.05, 3.63) is 60.2 Å². The zero-order valence-corrected chi connectivity index (χ0v) is 16.3. The third-order valence-corrected chi connectivity index (χ3v) is 8.27. The first-order valence-electron chi connectivity index (χ1n) is 8.97. The van der Waals surface area contributed by atoms with Gasteiger partial charge in [-0.3, -0.25) is 0 Å². The van der Waals surface area contributed by atoms with Crippen LogP contribution in [0.25, 0.3) is 0 Å². The Bertz CT molecular complexity index is 909. The Morgan fingerprint density at radius 2 is 1.69 bits per heavy atom. The summed E-state index contributed by atoms with van der Waals surface area (Å²) in [5, 5.41) is 0.903. The van der Waals surface area contributed by atoms with E-state index in [-0.39, 0.29) is 6.04 Å². The van der Waals surface area contributed by atoms with Gasteiger partial charge in [-0.15, -0.1) is 0 Å². The molecule has 2 fully saturated rings. The van der Waals surface area contributed by atoms with Crippen LogP contribution in [0.2, 0.25) is 0 Å². The predicted octanol–water partition coefficient (Wildman–Crippen LogP) is 4.73. The van der Waals surface area contributed by atoms with Crippen molar-refractivity contribution in [2.75, 3.05) is 0 Å². The minimum absolute atomic E-state index is 0.00233. The van der Waals surface area contributed by atoms with E-state index >= 15 is 0 Å². The average Bonchev–Trinajstić information content (AvgIpc) is 3.01. The second kappa shape index (κ2) is 7.08. The van der Waals surface area contributed by atoms with Crippen LogP contribution < -0.4 is 0 Å². The molecule has 2 atom stereocenters. The summed E-state index contributed by atoms with van der Waals surface area (Å²) in [7, 11) is -3.61. The van der Waals surface area contributed by atoms with Gasteiger partial charge in [-0.1, -0.05) is 60.5 Å². The quantitative estimate of drug-likeness (QED) is 0.766. The average molecular weight is 387 g/mol. The molecule has 4 rings (SSSR count). The van der Waals surface area contributed by atoms with E-state index in [1.54, 1.807) is 28.2 Å². The lowest BCUT2D eigenvalue weighted by molar-refractivity contribution is 0.348. The van der Waals surface area contributed by atoms with Gasteiger partial charge in [0.25, 0.3) is 10.0 Å². The van der Waals surface area contributed by atoms with Gasteiger partial charge in [0.15, 0.2) is 5.17 Å². The largest absolute Gasteiger partial charge is 0.266 e. The summed E-state index contributed by atoms with van der Waals surface area (Å²) in [4.78, 5) is 5.04. The Morgan fingerprint density at radius 1 is 1.00 bits per heavy atom. The zero-order valence-electron chi connectivity index (χ0n) is 14.7. The van der Waals surface area contributed by atoms with E-state index < -0.39 is 10.0 Å². The summed E-state index contributed by atoms with van der Waals surface area (Å²) in [6.07, 6.45) is 4.17. The fraction of sp³-hybridized carbons (Fsp3) is 0.350. The zero-order chi connectivity index (χ0) is 18.1. The van der Waals surface area contributed by atoms with Crippen molar-refractivity contribution in [2.24, 2.45) is 4.99 Å². The Labute approximate surface area is 159 Å². The number of hydrogen-bond donors (Lipinski definition) is 0. The number of amidine groups is 1. The second-order valence-electron chi connectivity index (χ2n) is 6.85. The van der Waals surface area contributed by atoms with Gasteiger partial charge in [-0.25, -0.2) is 17.7 Å². The highest BCUT2D eigenvalue weighted by Gasteiger charge is 2.46. The molecule has 0 amide bonds. The molecule has 6 heteroatoms. The summed E-state index contributed by atoms with van der Waals surface area (Å²) < 4.78 is 28.5. The number of aryl methyl sites for hydroxylation is 1. The molecular weight excluding hydrogens is 364 g/mol. The van der Waals surface area contributed by atoms with Crippen LogP contribution in [0.1, 0.15) is 31.2 Å². The summed E-state index contributed by atoms with van der Waals surface area (Å²) in [5.74, 6) is 0. The number of sulfonamides is 1. The summed E-state index contributed by atoms with van der Waals surface area (Å²) in [6, 6.07) is 16.7. The molecule has 2 aliphatic rings. The highest BCUT2D eigenvalue weighted by molar-refractivity contribution is 8.16. The van der Waals surface area contributed by atoms with Gasteiger partial charge in [0.05, 0.1) is 16.6 Å². The molecule has 136 valence electrons. The minimum Gasteiger partial charge on any atom is -0.240 e. The number of thioether (sulfide) groups is 1. The Morgan fingerprint density at radius 3 is 2.42 bits per heavy atom. The highest BCUT2D eigenvalue weighted by atomic mass is 32.2. The van der Waals surface area contributed by atoms with Gasteiger partial charge < -0.3 is 0 Å². The molecule has 0 unspecified atom stereocenters. The van der Waals surface area contributed by atoms with Crippen LogP contribution in [0.4, 0.5) is 5.69 Å². The maximum Gasteiger partial charge on any atom is 0.266 e. The molecule has 2 aromatic rings. The number of aliphatic imine (C=N–C) groups is 1. The fourth-order valence-electron chi connectivity index (χ4n) is 3.61. The summed E-state index contributed by atoms with van der Waals surface area (Å²) in [6.45, 7) is 1.96. The van der Waals surface area contributed by atoms with E-state index in [0.29, 0.717) is 15.3 Å². The fourth-order valence-corrected chi connectivity index (χ4v) is 7.04. The Hall–Kier alpha value is -1.79. The predicted molar refractivity (Wildman–Crippen MR) is 107 cm³/mol. The monoisotopic (exact) mass is 386 g/mol. The van der Waals surface area contributed by atoms with Gasteiger partial charge in [0.1, 0.15) is 0 Å². The highest BCUT2D eigenvalue weighted by Crippen LogP contribution is 2.44. The van der Waals surface area contributed by atoms with Crippen LogP contribution in [-0.2, 0) is 10.0 Å². The molecule has 1 aliphatic carbocycles. The lowest BCUT2D eigenvalue weighted by Crippen LogP contribution is -2.42. The topological polar surface area (TPSA) is 49.7 Å². The molecule has 1 aliphatic heterocycles. The van der Waals surface area contributed by atoms with Gasteiger partial charge in [0.2, 0.25) is 0 Å². The molecule has 1 saturated heterocycles. The number of fused-ring (bicyclic) bond motifs is 1. The van der Waals surface area contributed by atoms with E-state index in [4.69, 9.17) is 4.99 Å². The first kappa shape index (κ1) is 17.6. The third kappa shape index (κ3) is 3.28. The molecule has 1 heterocycles. The minimum atomic E-state index is -3.61. The van der Waals surface area contributed by atoms with Crippen molar-refractivity contribution < 1.29 is 8.42 Å². The maximum absolute atomic E-state index is 13.4. The normalized spacial score (nSPS) is 24.7. The van der Waals surface area contributed by atoms with Crippen molar-refractivity contribution in [3.8, 4) is 0 Å². The molecular formula is C20H22N2O2S2. The van der Waals surface area contributed by atoms with Crippen molar-refractivity contribution in [2.45, 2.75) is 48.8 Å². The van der Waals surface area contributed by atoms with Crippen LogP contribution >= 0.6 is 11.8 Å². The first-order valence-corrected chi connectivity index (χ1v) is 11.3. The van der Waals surface area contributed by atoms with Gasteiger partial charge >= 0.3 is 0 Å². The Balaban J connectivity index is 1.78. The number of benzene rings is 2. The van der Waals surface area contributed by atoms with E-state index in [2.05, 4.69) is 0 Å². The number of para-hydroxylation sites is 1. The van der Waals surface area contributed by atoms with Crippen LogP contribution in [0.5, 0.6) is 0 Å². The van der Waals surface area contributed by atoms with Crippen LogP contribution in [0.15, 0.2) is 64.5 Å². The van der Waals surface area contributed by atoms with E-state index in [1.807, 2.05) is 49.4 Å². The number of hydrogen-bond acceptors (Lipinski definition) is 4. The van der Waals surface area contributed by atoms with E-state index in [1.165, 1.54) is 0 Å². The molecule has 26 heavy (non-hydrogen) atoms. The third-order valence-electron chi connectivity index (χ3n) is 4.97. The maximum atomic E-state index is 13.4. The van der Waals surface area contributed by atoms with Crippen molar-refractivity contribution in [1.29, 1.82) is 0 Å². The lowest BCUT2D eigenvalue weighted by atomic mass is 9.95. The van der Waals surface area contributed by atoms with Gasteiger partial charge in [-0.05, 0) is 44.0 Å². The lowest BCUT2D eigenvalue weighted by Gasteiger charge is -2.30. The van der Waals surface area contributed by atoms with Crippen LogP contribution in [0.3, 0.4) is 0 Å². The second-order valence-corrected chi connectivity index (χ2v) is 9.87. The summed E-state index contributed by atoms with van der Waals surface area (Å²) >= 11 is 1.62. The molecule has 0 bridgehead atoms. The number of nitrogens with zero attached hydrogens (tertiary/aromatic N) is 2. The molecule has 0 aromatic heterocycles. The molecule has 4 nitrogen and oxygen atoms in total. The van der Waals surface area contributed by atoms with E-state index in [0.717, 1.165) is 36.9 Å². The smallest absolute Gasteiger partial charge is 0.240 e.